The molecule has 0 aliphatic heterocycles. The first kappa shape index (κ1) is 15.3. The molecule has 0 radical (unpaired) electrons. The van der Waals surface area contributed by atoms with Crippen molar-refractivity contribution in [1.82, 2.24) is 5.32 Å². The lowest BCUT2D eigenvalue weighted by atomic mass is 10.1. The summed E-state index contributed by atoms with van der Waals surface area (Å²) in [5, 5.41) is 13.3. The molecule has 4 heteroatoms. The Morgan fingerprint density at radius 1 is 1.39 bits per heavy atom. The molecule has 0 aliphatic carbocycles. The van der Waals surface area contributed by atoms with Crippen LogP contribution in [0.15, 0.2) is 18.2 Å². The smallest absolute Gasteiger partial charge is 0.0606 e. The van der Waals surface area contributed by atoms with Crippen LogP contribution in [0.4, 0.5) is 5.69 Å². The molecule has 1 rings (SSSR count). The van der Waals surface area contributed by atoms with Gasteiger partial charge in [0.2, 0.25) is 0 Å². The van der Waals surface area contributed by atoms with Crippen molar-refractivity contribution in [3.05, 3.63) is 28.8 Å². The van der Waals surface area contributed by atoms with Crippen LogP contribution in [0.5, 0.6) is 0 Å². The van der Waals surface area contributed by atoms with Crippen LogP contribution >= 0.6 is 11.6 Å². The minimum Gasteiger partial charge on any atom is -0.395 e. The zero-order valence-corrected chi connectivity index (χ0v) is 12.2. The number of likely N-dealkylation sites (N-methyl/N-ethyl adjacent to an activating group) is 1. The summed E-state index contributed by atoms with van der Waals surface area (Å²) in [7, 11) is 0. The van der Waals surface area contributed by atoms with Crippen molar-refractivity contribution in [3.63, 3.8) is 0 Å². The lowest BCUT2D eigenvalue weighted by Crippen LogP contribution is -2.29. The fraction of sp³-hybridized carbons (Fsp3) is 0.571. The molecule has 0 saturated carbocycles. The fourth-order valence-corrected chi connectivity index (χ4v) is 2.13. The average molecular weight is 271 g/mol. The lowest BCUT2D eigenvalue weighted by Gasteiger charge is -2.26. The van der Waals surface area contributed by atoms with E-state index >= 15 is 0 Å². The van der Waals surface area contributed by atoms with Gasteiger partial charge in [-0.2, -0.15) is 0 Å². The number of hydrogen-bond acceptors (Lipinski definition) is 3. The Morgan fingerprint density at radius 2 is 2.11 bits per heavy atom. The van der Waals surface area contributed by atoms with Crippen molar-refractivity contribution in [2.24, 2.45) is 0 Å². The van der Waals surface area contributed by atoms with Gasteiger partial charge in [-0.15, -0.1) is 0 Å². The van der Waals surface area contributed by atoms with E-state index in [1.54, 1.807) is 0 Å². The summed E-state index contributed by atoms with van der Waals surface area (Å²) in [5.41, 5.74) is 2.20. The van der Waals surface area contributed by atoms with Gasteiger partial charge in [0.05, 0.1) is 6.61 Å². The van der Waals surface area contributed by atoms with Gasteiger partial charge in [-0.25, -0.2) is 0 Å². The van der Waals surface area contributed by atoms with Crippen LogP contribution in [0.2, 0.25) is 5.02 Å². The van der Waals surface area contributed by atoms with E-state index in [0.29, 0.717) is 12.6 Å². The molecule has 0 amide bonds. The number of anilines is 1. The van der Waals surface area contributed by atoms with Crippen molar-refractivity contribution in [2.75, 3.05) is 24.6 Å². The summed E-state index contributed by atoms with van der Waals surface area (Å²) in [6, 6.07) is 6.34. The van der Waals surface area contributed by atoms with Gasteiger partial charge >= 0.3 is 0 Å². The Balaban J connectivity index is 2.98. The molecule has 0 aromatic heterocycles. The molecular formula is C14H23ClN2O. The first-order chi connectivity index (χ1) is 8.60. The molecule has 18 heavy (non-hydrogen) atoms. The first-order valence-electron chi connectivity index (χ1n) is 6.46. The van der Waals surface area contributed by atoms with Crippen LogP contribution in [0, 0.1) is 0 Å². The largest absolute Gasteiger partial charge is 0.395 e. The van der Waals surface area contributed by atoms with Crippen LogP contribution in [0.3, 0.4) is 0 Å². The number of benzene rings is 1. The second kappa shape index (κ2) is 7.62. The van der Waals surface area contributed by atoms with Gasteiger partial charge in [-0.3, -0.25) is 0 Å². The molecule has 0 aliphatic rings. The van der Waals surface area contributed by atoms with E-state index < -0.39 is 0 Å². The van der Waals surface area contributed by atoms with Crippen molar-refractivity contribution < 1.29 is 5.11 Å². The summed E-state index contributed by atoms with van der Waals surface area (Å²) in [4.78, 5) is 2.14. The van der Waals surface area contributed by atoms with Gasteiger partial charge < -0.3 is 15.3 Å². The maximum atomic E-state index is 9.12. The molecule has 0 spiro atoms. The molecule has 0 unspecified atom stereocenters. The van der Waals surface area contributed by atoms with Crippen LogP contribution < -0.4 is 10.2 Å². The van der Waals surface area contributed by atoms with Crippen LogP contribution in [-0.2, 0) is 6.54 Å². The highest BCUT2D eigenvalue weighted by molar-refractivity contribution is 6.31. The molecule has 2 N–H and O–H groups in total. The third kappa shape index (κ3) is 4.16. The predicted octanol–water partition coefficient (Wildman–Crippen LogP) is 2.66. The number of nitrogens with one attached hydrogen (secondary N) is 1. The Bertz CT molecular complexity index is 369. The van der Waals surface area contributed by atoms with Gasteiger partial charge in [0.1, 0.15) is 0 Å². The number of halogens is 1. The van der Waals surface area contributed by atoms with Gasteiger partial charge in [0.15, 0.2) is 0 Å². The molecule has 3 nitrogen and oxygen atoms in total. The Labute approximate surface area is 115 Å². The average Bonchev–Trinajstić information content (AvgIpc) is 2.34. The van der Waals surface area contributed by atoms with Crippen molar-refractivity contribution in [1.29, 1.82) is 0 Å². The molecule has 0 bridgehead atoms. The van der Waals surface area contributed by atoms with Crippen molar-refractivity contribution >= 4 is 17.3 Å². The minimum absolute atomic E-state index is 0.150. The lowest BCUT2D eigenvalue weighted by molar-refractivity contribution is 0.302. The summed E-state index contributed by atoms with van der Waals surface area (Å²) in [5.74, 6) is 0. The molecule has 102 valence electrons. The maximum absolute atomic E-state index is 9.12. The molecule has 0 fully saturated rings. The van der Waals surface area contributed by atoms with Crippen LogP contribution in [0.1, 0.15) is 26.3 Å². The molecule has 0 heterocycles. The summed E-state index contributed by atoms with van der Waals surface area (Å²) in [6.07, 6.45) is 0. The van der Waals surface area contributed by atoms with E-state index in [0.717, 1.165) is 29.4 Å². The second-order valence-corrected chi connectivity index (χ2v) is 4.98. The van der Waals surface area contributed by atoms with Gasteiger partial charge in [-0.1, -0.05) is 31.5 Å². The molecule has 0 atom stereocenters. The minimum atomic E-state index is 0.150. The van der Waals surface area contributed by atoms with E-state index in [2.05, 4.69) is 37.1 Å². The van der Waals surface area contributed by atoms with Crippen molar-refractivity contribution in [3.8, 4) is 0 Å². The van der Waals surface area contributed by atoms with E-state index in [1.165, 1.54) is 0 Å². The number of rotatable bonds is 7. The fourth-order valence-electron chi connectivity index (χ4n) is 1.89. The monoisotopic (exact) mass is 270 g/mol. The van der Waals surface area contributed by atoms with E-state index in [1.807, 2.05) is 12.1 Å². The predicted molar refractivity (Wildman–Crippen MR) is 78.4 cm³/mol. The molecule has 1 aromatic rings. The molecular weight excluding hydrogens is 248 g/mol. The van der Waals surface area contributed by atoms with E-state index in [-0.39, 0.29) is 6.61 Å². The molecule has 1 aromatic carbocycles. The normalized spacial score (nSPS) is 11.0. The highest BCUT2D eigenvalue weighted by atomic mass is 35.5. The highest BCUT2D eigenvalue weighted by Gasteiger charge is 2.12. The zero-order chi connectivity index (χ0) is 13.5. The van der Waals surface area contributed by atoms with E-state index in [9.17, 15) is 0 Å². The van der Waals surface area contributed by atoms with Gasteiger partial charge in [0.25, 0.3) is 0 Å². The van der Waals surface area contributed by atoms with Crippen LogP contribution in [-0.4, -0.2) is 30.8 Å². The van der Waals surface area contributed by atoms with Gasteiger partial charge in [0, 0.05) is 41.9 Å². The zero-order valence-electron chi connectivity index (χ0n) is 11.4. The standard InChI is InChI=1S/C14H23ClN2O/c1-4-17(8-9-18)14-7-5-6-13(15)12(14)10-16-11(2)3/h5-7,11,16,18H,4,8-10H2,1-3H3. The van der Waals surface area contributed by atoms with Crippen molar-refractivity contribution in [2.45, 2.75) is 33.4 Å². The second-order valence-electron chi connectivity index (χ2n) is 4.58. The SMILES string of the molecule is CCN(CCO)c1cccc(Cl)c1CNC(C)C. The number of aliphatic hydroxyl groups excluding tert-OH is 1. The van der Waals surface area contributed by atoms with E-state index in [4.69, 9.17) is 16.7 Å². The third-order valence-corrected chi connectivity index (χ3v) is 3.23. The Morgan fingerprint density at radius 3 is 2.67 bits per heavy atom. The van der Waals surface area contributed by atoms with Crippen LogP contribution in [0.25, 0.3) is 0 Å². The first-order valence-corrected chi connectivity index (χ1v) is 6.84. The Hall–Kier alpha value is -0.770. The summed E-state index contributed by atoms with van der Waals surface area (Å²) in [6.45, 7) is 8.69. The quantitative estimate of drug-likeness (QED) is 0.800. The third-order valence-electron chi connectivity index (χ3n) is 2.87. The number of hydrogen-bond donors (Lipinski definition) is 2. The Kier molecular flexibility index (Phi) is 6.47. The summed E-state index contributed by atoms with van der Waals surface area (Å²) >= 11 is 6.28. The summed E-state index contributed by atoms with van der Waals surface area (Å²) < 4.78 is 0. The topological polar surface area (TPSA) is 35.5 Å². The maximum Gasteiger partial charge on any atom is 0.0606 e. The van der Waals surface area contributed by atoms with Gasteiger partial charge in [-0.05, 0) is 19.1 Å². The highest BCUT2D eigenvalue weighted by Crippen LogP contribution is 2.27. The number of nitrogens with zero attached hydrogens (tertiary/aromatic N) is 1. The number of aliphatic hydroxyl groups is 1. The molecule has 0 saturated heterocycles.